The Bertz CT molecular complexity index is 536. The molecule has 10 heteroatoms. The van der Waals surface area contributed by atoms with Gasteiger partial charge in [-0.15, -0.1) is 0 Å². The van der Waals surface area contributed by atoms with Crippen molar-refractivity contribution in [1.29, 1.82) is 0 Å². The van der Waals surface area contributed by atoms with Crippen LogP contribution in [0.2, 0.25) is 0 Å². The lowest BCUT2D eigenvalue weighted by Gasteiger charge is -2.24. The Kier molecular flexibility index (Phi) is 7.89. The van der Waals surface area contributed by atoms with E-state index in [0.29, 0.717) is 0 Å². The van der Waals surface area contributed by atoms with Gasteiger partial charge in [-0.25, -0.2) is 0 Å². The molecule has 0 amide bonds. The minimum Gasteiger partial charge on any atom is -0.475 e. The standard InChI is InChI=1S/C14H27N4O5P/c1-9(2)22-24(19,23-10(3)4)8-21-11(5)7-20-13-6-12(15)17-14(16)18-13/h6,9-11H,7-8H2,1-5H3,(H4,15,16,17,18)/t11-/m0/s1. The highest BCUT2D eigenvalue weighted by Gasteiger charge is 2.29. The van der Waals surface area contributed by atoms with E-state index >= 15 is 0 Å². The van der Waals surface area contributed by atoms with Crippen molar-refractivity contribution in [2.24, 2.45) is 0 Å². The average molecular weight is 362 g/mol. The lowest BCUT2D eigenvalue weighted by molar-refractivity contribution is 0.0358. The Morgan fingerprint density at radius 1 is 1.08 bits per heavy atom. The van der Waals surface area contributed by atoms with Gasteiger partial charge in [-0.1, -0.05) is 0 Å². The van der Waals surface area contributed by atoms with Crippen LogP contribution in [0.4, 0.5) is 11.8 Å². The van der Waals surface area contributed by atoms with Gasteiger partial charge in [0.1, 0.15) is 18.8 Å². The molecule has 0 saturated heterocycles. The maximum Gasteiger partial charge on any atom is 0.356 e. The van der Waals surface area contributed by atoms with Crippen LogP contribution < -0.4 is 16.2 Å². The molecule has 0 spiro atoms. The summed E-state index contributed by atoms with van der Waals surface area (Å²) in [5.74, 6) is 0.487. The van der Waals surface area contributed by atoms with Crippen molar-refractivity contribution in [3.05, 3.63) is 6.07 Å². The smallest absolute Gasteiger partial charge is 0.356 e. The lowest BCUT2D eigenvalue weighted by Crippen LogP contribution is -2.21. The summed E-state index contributed by atoms with van der Waals surface area (Å²) < 4.78 is 34.4. The fourth-order valence-electron chi connectivity index (χ4n) is 1.73. The Hall–Kier alpha value is -1.41. The van der Waals surface area contributed by atoms with Crippen molar-refractivity contribution in [3.63, 3.8) is 0 Å². The van der Waals surface area contributed by atoms with E-state index in [-0.39, 0.29) is 48.9 Å². The zero-order valence-electron chi connectivity index (χ0n) is 14.8. The molecule has 1 aromatic rings. The fourth-order valence-corrected chi connectivity index (χ4v) is 3.63. The van der Waals surface area contributed by atoms with Gasteiger partial charge in [0.25, 0.3) is 0 Å². The van der Waals surface area contributed by atoms with Crippen LogP contribution in [0.5, 0.6) is 5.88 Å². The predicted octanol–water partition coefficient (Wildman–Crippen LogP) is 2.43. The Morgan fingerprint density at radius 3 is 2.17 bits per heavy atom. The normalized spacial score (nSPS) is 13.5. The van der Waals surface area contributed by atoms with Crippen LogP contribution in [0.25, 0.3) is 0 Å². The van der Waals surface area contributed by atoms with Gasteiger partial charge in [0.05, 0.1) is 18.3 Å². The van der Waals surface area contributed by atoms with Gasteiger partial charge in [-0.3, -0.25) is 4.57 Å². The number of nitrogen functional groups attached to an aromatic ring is 2. The number of anilines is 2. The summed E-state index contributed by atoms with van der Waals surface area (Å²) in [5, 5.41) is 0. The molecule has 0 aromatic carbocycles. The van der Waals surface area contributed by atoms with Gasteiger partial charge < -0.3 is 30.0 Å². The van der Waals surface area contributed by atoms with Crippen molar-refractivity contribution in [2.75, 3.05) is 24.4 Å². The molecule has 1 heterocycles. The highest BCUT2D eigenvalue weighted by Crippen LogP contribution is 2.50. The van der Waals surface area contributed by atoms with Gasteiger partial charge in [-0.05, 0) is 34.6 Å². The highest BCUT2D eigenvalue weighted by molar-refractivity contribution is 7.53. The molecule has 9 nitrogen and oxygen atoms in total. The largest absolute Gasteiger partial charge is 0.475 e. The third kappa shape index (κ3) is 7.92. The van der Waals surface area contributed by atoms with E-state index in [1.807, 2.05) is 0 Å². The van der Waals surface area contributed by atoms with E-state index in [2.05, 4.69) is 9.97 Å². The monoisotopic (exact) mass is 362 g/mol. The van der Waals surface area contributed by atoms with Gasteiger partial charge in [0, 0.05) is 6.07 Å². The molecule has 0 radical (unpaired) electrons. The van der Waals surface area contributed by atoms with Crippen LogP contribution >= 0.6 is 7.60 Å². The maximum absolute atomic E-state index is 12.6. The molecular formula is C14H27N4O5P. The molecule has 0 bridgehead atoms. The first-order valence-corrected chi connectivity index (χ1v) is 9.42. The molecule has 1 atom stereocenters. The maximum atomic E-state index is 12.6. The number of rotatable bonds is 10. The first-order chi connectivity index (χ1) is 11.1. The molecule has 138 valence electrons. The van der Waals surface area contributed by atoms with Gasteiger partial charge in [-0.2, -0.15) is 9.97 Å². The van der Waals surface area contributed by atoms with E-state index in [1.165, 1.54) is 6.07 Å². The van der Waals surface area contributed by atoms with E-state index < -0.39 is 7.60 Å². The minimum atomic E-state index is -3.34. The quantitative estimate of drug-likeness (QED) is 0.602. The van der Waals surface area contributed by atoms with Crippen molar-refractivity contribution in [1.82, 2.24) is 9.97 Å². The SMILES string of the molecule is CC(C)OP(=O)(CO[C@@H](C)COc1cc(N)nc(N)n1)OC(C)C. The summed E-state index contributed by atoms with van der Waals surface area (Å²) in [6, 6.07) is 1.46. The van der Waals surface area contributed by atoms with Gasteiger partial charge in [0.15, 0.2) is 0 Å². The zero-order chi connectivity index (χ0) is 18.3. The van der Waals surface area contributed by atoms with Crippen LogP contribution in [-0.4, -0.2) is 41.2 Å². The molecule has 0 fully saturated rings. The highest BCUT2D eigenvalue weighted by atomic mass is 31.2. The summed E-state index contributed by atoms with van der Waals surface area (Å²) in [4.78, 5) is 7.65. The van der Waals surface area contributed by atoms with Gasteiger partial charge >= 0.3 is 7.60 Å². The van der Waals surface area contributed by atoms with E-state index in [9.17, 15) is 4.57 Å². The van der Waals surface area contributed by atoms with E-state index in [1.54, 1.807) is 34.6 Å². The molecule has 1 rings (SSSR count). The first-order valence-electron chi connectivity index (χ1n) is 7.70. The van der Waals surface area contributed by atoms with Crippen LogP contribution in [0.1, 0.15) is 34.6 Å². The van der Waals surface area contributed by atoms with Crippen molar-refractivity contribution < 1.29 is 23.1 Å². The zero-order valence-corrected chi connectivity index (χ0v) is 15.7. The van der Waals surface area contributed by atoms with Gasteiger partial charge in [0.2, 0.25) is 11.8 Å². The lowest BCUT2D eigenvalue weighted by atomic mass is 10.4. The number of ether oxygens (including phenoxy) is 2. The number of aromatic nitrogens is 2. The number of hydrogen-bond acceptors (Lipinski definition) is 9. The molecule has 0 unspecified atom stereocenters. The molecule has 0 aliphatic rings. The van der Waals surface area contributed by atoms with Crippen molar-refractivity contribution in [3.8, 4) is 5.88 Å². The Balaban J connectivity index is 2.53. The van der Waals surface area contributed by atoms with Crippen LogP contribution in [0.3, 0.4) is 0 Å². The number of nitrogens with zero attached hydrogens (tertiary/aromatic N) is 2. The van der Waals surface area contributed by atoms with Crippen molar-refractivity contribution >= 4 is 19.4 Å². The first kappa shape index (κ1) is 20.6. The molecule has 1 aromatic heterocycles. The van der Waals surface area contributed by atoms with Crippen LogP contribution in [-0.2, 0) is 18.3 Å². The van der Waals surface area contributed by atoms with Crippen LogP contribution in [0, 0.1) is 0 Å². The minimum absolute atomic E-state index is 0.0266. The third-order valence-electron chi connectivity index (χ3n) is 2.47. The number of hydrogen-bond donors (Lipinski definition) is 2. The number of nitrogens with two attached hydrogens (primary N) is 2. The van der Waals surface area contributed by atoms with Crippen molar-refractivity contribution in [2.45, 2.75) is 52.9 Å². The molecule has 4 N–H and O–H groups in total. The topological polar surface area (TPSA) is 132 Å². The fraction of sp³-hybridized carbons (Fsp3) is 0.714. The average Bonchev–Trinajstić information content (AvgIpc) is 2.40. The summed E-state index contributed by atoms with van der Waals surface area (Å²) in [5.41, 5.74) is 11.1. The molecule has 24 heavy (non-hydrogen) atoms. The van der Waals surface area contributed by atoms with E-state index in [4.69, 9.17) is 30.0 Å². The Labute approximate surface area is 142 Å². The third-order valence-corrected chi connectivity index (χ3v) is 4.42. The second-order valence-corrected chi connectivity index (χ2v) is 7.73. The Morgan fingerprint density at radius 2 is 1.67 bits per heavy atom. The molecular weight excluding hydrogens is 335 g/mol. The second kappa shape index (κ2) is 9.17. The molecule has 0 saturated carbocycles. The second-order valence-electron chi connectivity index (χ2n) is 5.83. The predicted molar refractivity (Wildman–Crippen MR) is 91.8 cm³/mol. The van der Waals surface area contributed by atoms with E-state index in [0.717, 1.165) is 0 Å². The molecule has 0 aliphatic heterocycles. The summed E-state index contributed by atoms with van der Waals surface area (Å²) in [6.45, 7) is 9.07. The van der Waals surface area contributed by atoms with Crippen LogP contribution in [0.15, 0.2) is 6.07 Å². The summed E-state index contributed by atoms with van der Waals surface area (Å²) in [7, 11) is -3.34. The summed E-state index contributed by atoms with van der Waals surface area (Å²) in [6.07, 6.45) is -1.02. The summed E-state index contributed by atoms with van der Waals surface area (Å²) >= 11 is 0. The molecule has 0 aliphatic carbocycles.